The number of nitrogens with zero attached hydrogens (tertiary/aromatic N) is 1. The zero-order valence-electron chi connectivity index (χ0n) is 11.4. The third-order valence-corrected chi connectivity index (χ3v) is 4.75. The van der Waals surface area contributed by atoms with Gasteiger partial charge in [0.15, 0.2) is 0 Å². The molecule has 0 aromatic heterocycles. The summed E-state index contributed by atoms with van der Waals surface area (Å²) in [5.74, 6) is 0.795. The molecule has 1 N–H and O–H groups in total. The fourth-order valence-electron chi connectivity index (χ4n) is 2.26. The molecule has 0 bridgehead atoms. The highest BCUT2D eigenvalue weighted by molar-refractivity contribution is 7.99. The van der Waals surface area contributed by atoms with E-state index in [9.17, 15) is 4.79 Å². The van der Waals surface area contributed by atoms with Crippen molar-refractivity contribution in [3.63, 3.8) is 0 Å². The summed E-state index contributed by atoms with van der Waals surface area (Å²) in [6.07, 6.45) is 6.54. The molecular formula is C13H26N2OS. The summed E-state index contributed by atoms with van der Waals surface area (Å²) in [5, 5.41) is 3.48. The number of likely N-dealkylation sites (tertiary alicyclic amines) is 1. The number of thioether (sulfide) groups is 1. The lowest BCUT2D eigenvalue weighted by atomic mass is 9.93. The summed E-state index contributed by atoms with van der Waals surface area (Å²) >= 11 is 1.95. The van der Waals surface area contributed by atoms with Crippen LogP contribution in [0.15, 0.2) is 0 Å². The smallest absolute Gasteiger partial charge is 0.220 e. The quantitative estimate of drug-likeness (QED) is 0.790. The summed E-state index contributed by atoms with van der Waals surface area (Å²) in [6.45, 7) is 5.85. The molecule has 1 saturated heterocycles. The molecule has 0 saturated carbocycles. The monoisotopic (exact) mass is 258 g/mol. The van der Waals surface area contributed by atoms with Crippen LogP contribution < -0.4 is 5.32 Å². The number of amides is 1. The summed E-state index contributed by atoms with van der Waals surface area (Å²) in [4.78, 5) is 13.8. The highest BCUT2D eigenvalue weighted by Gasteiger charge is 2.20. The first-order valence-electron chi connectivity index (χ1n) is 6.61. The lowest BCUT2D eigenvalue weighted by Gasteiger charge is -2.32. The first-order valence-corrected chi connectivity index (χ1v) is 7.90. The molecule has 17 heavy (non-hydrogen) atoms. The van der Waals surface area contributed by atoms with Gasteiger partial charge in [-0.1, -0.05) is 6.92 Å². The van der Waals surface area contributed by atoms with Crippen molar-refractivity contribution in [1.82, 2.24) is 10.2 Å². The van der Waals surface area contributed by atoms with Gasteiger partial charge < -0.3 is 10.2 Å². The van der Waals surface area contributed by atoms with E-state index in [4.69, 9.17) is 0 Å². The van der Waals surface area contributed by atoms with E-state index in [-0.39, 0.29) is 5.91 Å². The second-order valence-corrected chi connectivity index (χ2v) is 6.27. The number of carbonyl (C=O) groups is 1. The largest absolute Gasteiger partial charge is 0.359 e. The molecule has 1 atom stereocenters. The number of hydrogen-bond acceptors (Lipinski definition) is 3. The van der Waals surface area contributed by atoms with Crippen molar-refractivity contribution >= 4 is 17.7 Å². The summed E-state index contributed by atoms with van der Waals surface area (Å²) in [7, 11) is 1.72. The van der Waals surface area contributed by atoms with E-state index >= 15 is 0 Å². The summed E-state index contributed by atoms with van der Waals surface area (Å²) in [6, 6.07) is 0. The molecule has 1 aliphatic rings. The fourth-order valence-corrected chi connectivity index (χ4v) is 2.60. The fraction of sp³-hybridized carbons (Fsp3) is 0.923. The summed E-state index contributed by atoms with van der Waals surface area (Å²) in [5.41, 5.74) is 0. The Bertz CT molecular complexity index is 227. The second-order valence-electron chi connectivity index (χ2n) is 5.00. The predicted molar refractivity (Wildman–Crippen MR) is 75.4 cm³/mol. The van der Waals surface area contributed by atoms with Crippen LogP contribution in [-0.2, 0) is 4.79 Å². The minimum absolute atomic E-state index is 0.194. The zero-order valence-corrected chi connectivity index (χ0v) is 12.2. The van der Waals surface area contributed by atoms with Crippen LogP contribution in [0.3, 0.4) is 0 Å². The minimum Gasteiger partial charge on any atom is -0.359 e. The molecule has 1 aliphatic heterocycles. The number of carbonyl (C=O) groups excluding carboxylic acids is 1. The first-order chi connectivity index (χ1) is 8.15. The van der Waals surface area contributed by atoms with E-state index in [0.717, 1.165) is 5.25 Å². The van der Waals surface area contributed by atoms with Crippen LogP contribution in [-0.4, -0.2) is 49.0 Å². The molecule has 0 radical (unpaired) electrons. The molecule has 4 heteroatoms. The number of hydrogen-bond donors (Lipinski definition) is 1. The van der Waals surface area contributed by atoms with Gasteiger partial charge in [-0.05, 0) is 51.1 Å². The molecule has 0 aromatic carbocycles. The Morgan fingerprint density at radius 2 is 2.12 bits per heavy atom. The number of rotatable bonds is 6. The van der Waals surface area contributed by atoms with Gasteiger partial charge in [0, 0.05) is 18.7 Å². The van der Waals surface area contributed by atoms with Crippen LogP contribution in [0.2, 0.25) is 0 Å². The molecule has 100 valence electrons. The molecule has 0 aromatic rings. The Morgan fingerprint density at radius 1 is 1.47 bits per heavy atom. The Balaban J connectivity index is 2.15. The Hall–Kier alpha value is -0.220. The maximum atomic E-state index is 11.3. The Morgan fingerprint density at radius 3 is 2.65 bits per heavy atom. The lowest BCUT2D eigenvalue weighted by Crippen LogP contribution is -2.36. The van der Waals surface area contributed by atoms with E-state index in [2.05, 4.69) is 23.4 Å². The van der Waals surface area contributed by atoms with E-state index < -0.39 is 0 Å². The van der Waals surface area contributed by atoms with Crippen molar-refractivity contribution in [2.45, 2.75) is 37.9 Å². The van der Waals surface area contributed by atoms with Gasteiger partial charge in [-0.25, -0.2) is 0 Å². The molecule has 0 unspecified atom stereocenters. The van der Waals surface area contributed by atoms with Gasteiger partial charge >= 0.3 is 0 Å². The third-order valence-electron chi connectivity index (χ3n) is 3.71. The maximum Gasteiger partial charge on any atom is 0.220 e. The van der Waals surface area contributed by atoms with Crippen molar-refractivity contribution < 1.29 is 4.79 Å². The Kier molecular flexibility index (Phi) is 6.97. The van der Waals surface area contributed by atoms with Crippen LogP contribution in [0.5, 0.6) is 0 Å². The molecule has 1 rings (SSSR count). The SMILES string of the molecule is CNC(=O)CC1CCN(CC[C@H](C)SC)CC1. The van der Waals surface area contributed by atoms with Gasteiger partial charge in [-0.2, -0.15) is 11.8 Å². The van der Waals surface area contributed by atoms with Crippen molar-refractivity contribution in [2.75, 3.05) is 32.9 Å². The zero-order chi connectivity index (χ0) is 12.7. The van der Waals surface area contributed by atoms with Crippen molar-refractivity contribution in [3.05, 3.63) is 0 Å². The van der Waals surface area contributed by atoms with Gasteiger partial charge in [-0.3, -0.25) is 4.79 Å². The molecule has 0 aliphatic carbocycles. The number of piperidine rings is 1. The van der Waals surface area contributed by atoms with Crippen LogP contribution in [0.25, 0.3) is 0 Å². The van der Waals surface area contributed by atoms with Crippen LogP contribution in [0.4, 0.5) is 0 Å². The molecule has 1 heterocycles. The molecule has 1 amide bonds. The first kappa shape index (κ1) is 14.8. The van der Waals surface area contributed by atoms with Gasteiger partial charge in [0.2, 0.25) is 5.91 Å². The van der Waals surface area contributed by atoms with E-state index in [1.807, 2.05) is 11.8 Å². The standard InChI is InChI=1S/C13H26N2OS/c1-11(17-3)4-7-15-8-5-12(6-9-15)10-13(16)14-2/h11-12H,4-10H2,1-3H3,(H,14,16)/t11-/m0/s1. The molecular weight excluding hydrogens is 232 g/mol. The average molecular weight is 258 g/mol. The van der Waals surface area contributed by atoms with Crippen molar-refractivity contribution in [1.29, 1.82) is 0 Å². The van der Waals surface area contributed by atoms with Crippen LogP contribution >= 0.6 is 11.8 Å². The van der Waals surface area contributed by atoms with Gasteiger partial charge in [0.1, 0.15) is 0 Å². The maximum absolute atomic E-state index is 11.3. The van der Waals surface area contributed by atoms with Crippen molar-refractivity contribution in [2.24, 2.45) is 5.92 Å². The third kappa shape index (κ3) is 5.77. The number of nitrogens with one attached hydrogen (secondary N) is 1. The van der Waals surface area contributed by atoms with Crippen molar-refractivity contribution in [3.8, 4) is 0 Å². The predicted octanol–water partition coefficient (Wildman–Crippen LogP) is 1.98. The molecule has 1 fully saturated rings. The highest BCUT2D eigenvalue weighted by Crippen LogP contribution is 2.21. The normalized spacial score (nSPS) is 20.2. The highest BCUT2D eigenvalue weighted by atomic mass is 32.2. The molecule has 3 nitrogen and oxygen atoms in total. The second kappa shape index (κ2) is 7.98. The average Bonchev–Trinajstić information content (AvgIpc) is 2.37. The minimum atomic E-state index is 0.194. The van der Waals surface area contributed by atoms with Gasteiger partial charge in [0.05, 0.1) is 0 Å². The van der Waals surface area contributed by atoms with Crippen LogP contribution in [0.1, 0.15) is 32.6 Å². The van der Waals surface area contributed by atoms with E-state index in [0.29, 0.717) is 12.3 Å². The van der Waals surface area contributed by atoms with Crippen LogP contribution in [0, 0.1) is 5.92 Å². The van der Waals surface area contributed by atoms with E-state index in [1.165, 1.54) is 38.9 Å². The summed E-state index contributed by atoms with van der Waals surface area (Å²) < 4.78 is 0. The van der Waals surface area contributed by atoms with Gasteiger partial charge in [-0.15, -0.1) is 0 Å². The topological polar surface area (TPSA) is 32.3 Å². The van der Waals surface area contributed by atoms with Gasteiger partial charge in [0.25, 0.3) is 0 Å². The lowest BCUT2D eigenvalue weighted by molar-refractivity contribution is -0.121. The molecule has 0 spiro atoms. The van der Waals surface area contributed by atoms with E-state index in [1.54, 1.807) is 7.05 Å². The Labute approximate surface area is 110 Å².